The molecular weight excluding hydrogens is 703 g/mol. The van der Waals surface area contributed by atoms with Gasteiger partial charge in [0.15, 0.2) is 22.2 Å². The third kappa shape index (κ3) is 6.08. The molecule has 0 bridgehead atoms. The molecule has 0 aliphatic heterocycles. The first-order valence-electron chi connectivity index (χ1n) is 16.5. The standard InChI is InChI=1S/C37H39N7O8S/c1-16-21-14-15-22(40-36(53)39-17-6-8-18(9-7-17)41-42-19-10-12-20(13-11-19)43(2)3)29(45)24(21)30(46)25-23(16)31(47)27-28(44(4)5)32(48)26(35(38)51)34(50)37(27,52)33(25)49/h6-16,23,27-28,31,45,47-49,52H,1-5H3,(H2,38,51)(H2,39,40,53)/t16-,23+,27+,28-,31-,37-/m0/s1. The van der Waals surface area contributed by atoms with E-state index in [1.807, 2.05) is 43.3 Å². The fraction of sp³-hybridized carbons (Fsp3) is 0.297. The smallest absolute Gasteiger partial charge is 0.255 e. The number of aromatic hydroxyl groups is 1. The van der Waals surface area contributed by atoms with Crippen molar-refractivity contribution in [2.24, 2.45) is 27.8 Å². The molecule has 0 radical (unpaired) electrons. The van der Waals surface area contributed by atoms with Gasteiger partial charge < -0.3 is 46.8 Å². The van der Waals surface area contributed by atoms with E-state index in [1.165, 1.54) is 25.1 Å². The lowest BCUT2D eigenvalue weighted by Gasteiger charge is -2.53. The van der Waals surface area contributed by atoms with Crippen LogP contribution in [0.4, 0.5) is 28.4 Å². The normalized spacial score (nSPS) is 25.2. The van der Waals surface area contributed by atoms with Crippen molar-refractivity contribution in [1.29, 1.82) is 0 Å². The van der Waals surface area contributed by atoms with Crippen molar-refractivity contribution in [1.82, 2.24) is 4.90 Å². The van der Waals surface area contributed by atoms with Crippen molar-refractivity contribution in [3.63, 3.8) is 0 Å². The highest BCUT2D eigenvalue weighted by molar-refractivity contribution is 7.80. The fourth-order valence-electron chi connectivity index (χ4n) is 7.55. The quantitative estimate of drug-likeness (QED) is 0.0743. The minimum atomic E-state index is -3.00. The molecule has 0 unspecified atom stereocenters. The zero-order chi connectivity index (χ0) is 38.7. The summed E-state index contributed by atoms with van der Waals surface area (Å²) in [6.07, 6.45) is -1.69. The van der Waals surface area contributed by atoms with Crippen LogP contribution in [0.15, 0.2) is 93.6 Å². The summed E-state index contributed by atoms with van der Waals surface area (Å²) in [6.45, 7) is 1.65. The van der Waals surface area contributed by atoms with Crippen LogP contribution in [0.25, 0.3) is 0 Å². The summed E-state index contributed by atoms with van der Waals surface area (Å²) in [5.74, 6) is -9.70. The first kappa shape index (κ1) is 37.1. The van der Waals surface area contributed by atoms with E-state index in [4.69, 9.17) is 18.0 Å². The number of carbonyl (C=O) groups excluding carboxylic acids is 3. The van der Waals surface area contributed by atoms with Gasteiger partial charge in [-0.3, -0.25) is 19.3 Å². The van der Waals surface area contributed by atoms with Gasteiger partial charge in [-0.15, -0.1) is 0 Å². The molecular formula is C37H39N7O8S. The van der Waals surface area contributed by atoms with Gasteiger partial charge >= 0.3 is 0 Å². The molecule has 0 saturated carbocycles. The van der Waals surface area contributed by atoms with Crippen molar-refractivity contribution in [3.8, 4) is 5.75 Å². The summed E-state index contributed by atoms with van der Waals surface area (Å²) in [6, 6.07) is 16.2. The molecule has 276 valence electrons. The Bertz CT molecular complexity index is 2130. The molecule has 0 heterocycles. The molecule has 0 fully saturated rings. The molecule has 0 saturated heterocycles. The van der Waals surface area contributed by atoms with Crippen LogP contribution in [0.1, 0.15) is 28.8 Å². The summed E-state index contributed by atoms with van der Waals surface area (Å²) in [4.78, 5) is 43.4. The summed E-state index contributed by atoms with van der Waals surface area (Å²) >= 11 is 5.47. The molecule has 3 aliphatic carbocycles. The van der Waals surface area contributed by atoms with E-state index >= 15 is 0 Å². The number of fused-ring (bicyclic) bond motifs is 3. The van der Waals surface area contributed by atoms with Gasteiger partial charge in [0.1, 0.15) is 17.1 Å². The Hall–Kier alpha value is -5.68. The number of phenolic OH excluding ortho intramolecular Hbond substituents is 1. The number of rotatable bonds is 7. The van der Waals surface area contributed by atoms with Crippen LogP contribution in [0.3, 0.4) is 0 Å². The number of hydrogen-bond acceptors (Lipinski definition) is 13. The number of likely N-dealkylation sites (N-methyl/N-ethyl adjacent to an activating group) is 1. The molecule has 9 N–H and O–H groups in total. The molecule has 15 nitrogen and oxygen atoms in total. The van der Waals surface area contributed by atoms with Gasteiger partial charge in [0.2, 0.25) is 5.78 Å². The summed E-state index contributed by atoms with van der Waals surface area (Å²) in [5.41, 5.74) is 3.93. The van der Waals surface area contributed by atoms with Crippen LogP contribution >= 0.6 is 12.2 Å². The average Bonchev–Trinajstić information content (AvgIpc) is 3.10. The Morgan fingerprint density at radius 3 is 2.04 bits per heavy atom. The van der Waals surface area contributed by atoms with Crippen molar-refractivity contribution in [2.45, 2.75) is 30.6 Å². The third-order valence-corrected chi connectivity index (χ3v) is 10.4. The van der Waals surface area contributed by atoms with E-state index in [9.17, 15) is 39.9 Å². The summed E-state index contributed by atoms with van der Waals surface area (Å²) < 4.78 is 0. The summed E-state index contributed by atoms with van der Waals surface area (Å²) in [5, 5.41) is 72.1. The van der Waals surface area contributed by atoms with Crippen molar-refractivity contribution in [3.05, 3.63) is 94.5 Å². The molecule has 16 heteroatoms. The SMILES string of the molecule is C[C@H]1c2ccc(NC(=S)Nc3ccc(N=Nc4ccc(N(C)C)cc4)cc3)c(O)c2C(=O)C2=C(O)[C@]3(O)C(=O)C(C(N)=O)=C(O)[C@@H](N(C)C)[C@@H]3[C@@H](O)[C@@H]21. The fourth-order valence-corrected chi connectivity index (χ4v) is 7.78. The maximum Gasteiger partial charge on any atom is 0.255 e. The molecule has 3 aliphatic rings. The van der Waals surface area contributed by atoms with Gasteiger partial charge in [-0.25, -0.2) is 0 Å². The second-order valence-corrected chi connectivity index (χ2v) is 14.1. The van der Waals surface area contributed by atoms with Gasteiger partial charge in [-0.05, 0) is 92.4 Å². The van der Waals surface area contributed by atoms with Crippen LogP contribution in [0.5, 0.6) is 5.75 Å². The first-order chi connectivity index (χ1) is 25.0. The Morgan fingerprint density at radius 2 is 1.49 bits per heavy atom. The van der Waals surface area contributed by atoms with E-state index in [2.05, 4.69) is 20.9 Å². The first-order valence-corrected chi connectivity index (χ1v) is 17.0. The second kappa shape index (κ2) is 13.7. The van der Waals surface area contributed by atoms with Crippen LogP contribution in [-0.4, -0.2) is 99.0 Å². The number of nitrogens with two attached hydrogens (primary N) is 1. The highest BCUT2D eigenvalue weighted by Crippen LogP contribution is 2.56. The minimum absolute atomic E-state index is 0.0317. The lowest BCUT2D eigenvalue weighted by atomic mass is 9.55. The number of primary amides is 1. The van der Waals surface area contributed by atoms with Gasteiger partial charge in [-0.2, -0.15) is 10.2 Å². The lowest BCUT2D eigenvalue weighted by Crippen LogP contribution is -2.68. The second-order valence-electron chi connectivity index (χ2n) is 13.7. The Balaban J connectivity index is 1.26. The van der Waals surface area contributed by atoms with Gasteiger partial charge in [0.05, 0.1) is 40.7 Å². The van der Waals surface area contributed by atoms with E-state index in [0.717, 1.165) is 5.69 Å². The topological polar surface area (TPSA) is 234 Å². The number of amides is 1. The predicted octanol–water partition coefficient (Wildman–Crippen LogP) is 3.94. The maximum atomic E-state index is 14.2. The highest BCUT2D eigenvalue weighted by Gasteiger charge is 2.67. The number of carbonyl (C=O) groups is 3. The Labute approximate surface area is 309 Å². The lowest BCUT2D eigenvalue weighted by molar-refractivity contribution is -0.162. The van der Waals surface area contributed by atoms with Crippen LogP contribution in [0, 0.1) is 11.8 Å². The van der Waals surface area contributed by atoms with Crippen molar-refractivity contribution < 1.29 is 39.9 Å². The number of nitrogens with one attached hydrogen (secondary N) is 2. The van der Waals surface area contributed by atoms with E-state index in [1.54, 1.807) is 37.3 Å². The molecule has 1 amide bonds. The molecule has 0 aromatic heterocycles. The van der Waals surface area contributed by atoms with Gasteiger partial charge in [0, 0.05) is 37.0 Å². The monoisotopic (exact) mass is 741 g/mol. The van der Waals surface area contributed by atoms with E-state index in [0.29, 0.717) is 22.6 Å². The number of thiocarbonyl (C=S) groups is 1. The molecule has 3 aromatic carbocycles. The number of nitrogens with zero attached hydrogens (tertiary/aromatic N) is 4. The van der Waals surface area contributed by atoms with Gasteiger partial charge in [-0.1, -0.05) is 13.0 Å². The largest absolute Gasteiger partial charge is 0.510 e. The van der Waals surface area contributed by atoms with E-state index in [-0.39, 0.29) is 16.4 Å². The minimum Gasteiger partial charge on any atom is -0.510 e. The number of phenols is 1. The zero-order valence-corrected chi connectivity index (χ0v) is 30.2. The zero-order valence-electron chi connectivity index (χ0n) is 29.4. The Morgan fingerprint density at radius 1 is 0.906 bits per heavy atom. The molecule has 6 rings (SSSR count). The number of ketones is 2. The van der Waals surface area contributed by atoms with E-state index < -0.39 is 81.4 Å². The maximum absolute atomic E-state index is 14.2. The van der Waals surface area contributed by atoms with Crippen LogP contribution in [0.2, 0.25) is 0 Å². The number of benzene rings is 3. The highest BCUT2D eigenvalue weighted by atomic mass is 32.1. The summed E-state index contributed by atoms with van der Waals surface area (Å²) in [7, 11) is 6.85. The number of azo groups is 1. The molecule has 53 heavy (non-hydrogen) atoms. The van der Waals surface area contributed by atoms with Crippen molar-refractivity contribution >= 4 is 63.2 Å². The number of Topliss-reactive ketones (excluding diaryl/α,β-unsaturated/α-hetero) is 2. The van der Waals surface area contributed by atoms with Crippen LogP contribution in [-0.2, 0) is 9.59 Å². The third-order valence-electron chi connectivity index (χ3n) is 10.2. The van der Waals surface area contributed by atoms with Crippen LogP contribution < -0.4 is 21.3 Å². The van der Waals surface area contributed by atoms with Crippen molar-refractivity contribution in [2.75, 3.05) is 43.7 Å². The van der Waals surface area contributed by atoms with Gasteiger partial charge in [0.25, 0.3) is 5.91 Å². The number of aliphatic hydroxyl groups excluding tert-OH is 3. The number of hydrogen-bond donors (Lipinski definition) is 8. The predicted molar refractivity (Wildman–Crippen MR) is 201 cm³/mol. The average molecular weight is 742 g/mol. The molecule has 0 spiro atoms. The molecule has 3 aromatic rings. The number of anilines is 3. The number of aliphatic hydroxyl groups is 4. The Kier molecular flexibility index (Phi) is 9.59. The molecule has 6 atom stereocenters.